The van der Waals surface area contributed by atoms with Gasteiger partial charge >= 0.3 is 23.9 Å². The van der Waals surface area contributed by atoms with Gasteiger partial charge in [0.2, 0.25) is 6.10 Å². The Balaban J connectivity index is 1.48. The van der Waals surface area contributed by atoms with Gasteiger partial charge in [0.15, 0.2) is 5.75 Å². The van der Waals surface area contributed by atoms with Crippen LogP contribution in [0.4, 0.5) is 0 Å². The number of esters is 3. The fourth-order valence-corrected chi connectivity index (χ4v) is 7.99. The molecule has 3 atom stereocenters. The van der Waals surface area contributed by atoms with E-state index in [4.69, 9.17) is 14.2 Å². The topological polar surface area (TPSA) is 116 Å². The van der Waals surface area contributed by atoms with Crippen LogP contribution in [0, 0.1) is 19.0 Å². The van der Waals surface area contributed by atoms with Crippen molar-refractivity contribution in [2.24, 2.45) is 11.8 Å². The summed E-state index contributed by atoms with van der Waals surface area (Å²) in [6, 6.07) is 18.5. The van der Waals surface area contributed by atoms with Crippen molar-refractivity contribution in [1.82, 2.24) is 0 Å². The second-order valence-corrected chi connectivity index (χ2v) is 12.0. The molecule has 7 rings (SSSR count). The lowest BCUT2D eigenvalue weighted by Crippen LogP contribution is -2.49. The number of rotatable bonds is 5. The zero-order chi connectivity index (χ0) is 27.4. The Morgan fingerprint density at radius 1 is 0.846 bits per heavy atom. The zero-order valence-electron chi connectivity index (χ0n) is 20.1. The number of carbonyl (C=O) groups excluding carboxylic acids is 3. The van der Waals surface area contributed by atoms with Crippen molar-refractivity contribution >= 4 is 69.1 Å². The van der Waals surface area contributed by atoms with E-state index in [9.17, 15) is 24.3 Å². The molecule has 4 aliphatic rings. The Morgan fingerprint density at radius 3 is 1.87 bits per heavy atom. The summed E-state index contributed by atoms with van der Waals surface area (Å²) >= 11 is 3.94. The first-order valence-electron chi connectivity index (χ1n) is 12.2. The third-order valence-corrected chi connectivity index (χ3v) is 8.99. The maximum absolute atomic E-state index is 14.1. The molecule has 1 saturated heterocycles. The normalized spacial score (nSPS) is 24.4. The smallest absolute Gasteiger partial charge is 0.347 e. The Hall–Kier alpha value is -3.00. The van der Waals surface area contributed by atoms with Crippen LogP contribution in [0.5, 0.6) is 5.75 Å². The number of carboxylic acid groups (broad SMARTS) is 1. The van der Waals surface area contributed by atoms with Crippen molar-refractivity contribution in [3.05, 3.63) is 95.6 Å². The van der Waals surface area contributed by atoms with Crippen molar-refractivity contribution in [3.8, 4) is 5.75 Å². The minimum Gasteiger partial charge on any atom is -0.478 e. The molecule has 0 spiro atoms. The summed E-state index contributed by atoms with van der Waals surface area (Å²) in [4.78, 5) is 52.1. The lowest BCUT2D eigenvalue weighted by atomic mass is 9.54. The van der Waals surface area contributed by atoms with Crippen molar-refractivity contribution in [2.75, 3.05) is 6.61 Å². The number of halogens is 2. The molecule has 1 heterocycles. The lowest BCUT2D eigenvalue weighted by Gasteiger charge is -2.48. The van der Waals surface area contributed by atoms with Crippen molar-refractivity contribution in [3.63, 3.8) is 0 Å². The van der Waals surface area contributed by atoms with Gasteiger partial charge in [0.05, 0.1) is 22.0 Å². The summed E-state index contributed by atoms with van der Waals surface area (Å²) in [6.07, 6.45) is -0.785. The van der Waals surface area contributed by atoms with Crippen molar-refractivity contribution < 1.29 is 38.5 Å². The minimum absolute atomic E-state index is 0.0666. The van der Waals surface area contributed by atoms with E-state index in [0.29, 0.717) is 7.14 Å². The van der Waals surface area contributed by atoms with Crippen LogP contribution in [0.15, 0.2) is 60.7 Å². The summed E-state index contributed by atoms with van der Waals surface area (Å²) in [5.74, 6) is -6.37. The fraction of sp³-hybridized carbons (Fsp3) is 0.241. The summed E-state index contributed by atoms with van der Waals surface area (Å²) in [7, 11) is 0. The molecule has 1 aliphatic heterocycles. The quantitative estimate of drug-likeness (QED) is 0.223. The number of ether oxygens (including phenoxy) is 3. The molecule has 3 aromatic rings. The van der Waals surface area contributed by atoms with E-state index >= 15 is 0 Å². The standard InChI is InChI=1S/C29H20I2O8/c30-13-11-18(26(32)33)25(19(31)12-13)39-29(36)24-22-16-7-3-1-5-14(16)21(15-6-2-4-8-17(15)22)23(24)28(35)38-20-9-10-37-27(20)34/h1-8,11-12,20-24H,9-10H2,(H,32,33). The molecule has 0 saturated carbocycles. The average molecular weight is 750 g/mol. The first-order valence-corrected chi connectivity index (χ1v) is 14.4. The molecule has 2 bridgehead atoms. The second-order valence-electron chi connectivity index (χ2n) is 9.64. The number of hydrogen-bond donors (Lipinski definition) is 1. The number of carboxylic acids is 1. The van der Waals surface area contributed by atoms with E-state index in [0.717, 1.165) is 22.3 Å². The molecular formula is C29H20I2O8. The fourth-order valence-electron chi connectivity index (χ4n) is 6.04. The largest absolute Gasteiger partial charge is 0.478 e. The van der Waals surface area contributed by atoms with Gasteiger partial charge in [-0.25, -0.2) is 9.59 Å². The molecule has 8 nitrogen and oxygen atoms in total. The molecule has 1 N–H and O–H groups in total. The third kappa shape index (κ3) is 4.41. The zero-order valence-corrected chi connectivity index (χ0v) is 24.5. The predicted octanol–water partition coefficient (Wildman–Crippen LogP) is 4.88. The molecule has 3 unspecified atom stereocenters. The SMILES string of the molecule is O=C(O)c1cc(I)cc(I)c1OC(=O)C1C2c3ccccc3C(c3ccccc32)C1C(=O)OC1CCOC1=O. The number of fused-ring (bicyclic) bond motifs is 1. The number of benzene rings is 3. The molecule has 1 fully saturated rings. The van der Waals surface area contributed by atoms with Gasteiger partial charge in [-0.1, -0.05) is 48.5 Å². The summed E-state index contributed by atoms with van der Waals surface area (Å²) < 4.78 is 17.6. The summed E-state index contributed by atoms with van der Waals surface area (Å²) in [6.45, 7) is 0.161. The Bertz CT molecular complexity index is 1500. The number of cyclic esters (lactones) is 1. The van der Waals surface area contributed by atoms with Crippen LogP contribution in [0.25, 0.3) is 0 Å². The van der Waals surface area contributed by atoms with Crippen LogP contribution in [0.2, 0.25) is 0 Å². The number of aromatic carboxylic acids is 1. The third-order valence-electron chi connectivity index (χ3n) is 7.57. The van der Waals surface area contributed by atoms with Crippen LogP contribution in [-0.2, 0) is 23.9 Å². The molecular weight excluding hydrogens is 730 g/mol. The molecule has 3 aromatic carbocycles. The Labute approximate surface area is 250 Å². The van der Waals surface area contributed by atoms with Gasteiger partial charge in [-0.15, -0.1) is 0 Å². The summed E-state index contributed by atoms with van der Waals surface area (Å²) in [5, 5.41) is 9.81. The van der Waals surface area contributed by atoms with Gasteiger partial charge in [-0.3, -0.25) is 9.59 Å². The molecule has 198 valence electrons. The Morgan fingerprint density at radius 2 is 1.38 bits per heavy atom. The minimum atomic E-state index is -1.23. The Kier molecular flexibility index (Phi) is 6.86. The van der Waals surface area contributed by atoms with Crippen LogP contribution >= 0.6 is 45.2 Å². The summed E-state index contributed by atoms with van der Waals surface area (Å²) in [5.41, 5.74) is 3.49. The van der Waals surface area contributed by atoms with E-state index in [-0.39, 0.29) is 24.3 Å². The van der Waals surface area contributed by atoms with Gasteiger partial charge in [-0.2, -0.15) is 0 Å². The maximum atomic E-state index is 14.1. The molecule has 3 aliphatic carbocycles. The molecule has 0 amide bonds. The van der Waals surface area contributed by atoms with Crippen molar-refractivity contribution in [1.29, 1.82) is 0 Å². The van der Waals surface area contributed by atoms with Gasteiger partial charge in [0.1, 0.15) is 5.56 Å². The van der Waals surface area contributed by atoms with Gasteiger partial charge in [0.25, 0.3) is 0 Å². The molecule has 39 heavy (non-hydrogen) atoms. The number of hydrogen-bond acceptors (Lipinski definition) is 7. The van der Waals surface area contributed by atoms with Crippen LogP contribution < -0.4 is 4.74 Å². The second kappa shape index (κ2) is 10.2. The molecule has 0 radical (unpaired) electrons. The van der Waals surface area contributed by atoms with E-state index < -0.39 is 53.7 Å². The van der Waals surface area contributed by atoms with Crippen molar-refractivity contribution in [2.45, 2.75) is 24.4 Å². The highest BCUT2D eigenvalue weighted by Crippen LogP contribution is 2.59. The number of carbonyl (C=O) groups is 4. The molecule has 0 aromatic heterocycles. The van der Waals surface area contributed by atoms with E-state index in [2.05, 4.69) is 0 Å². The monoisotopic (exact) mass is 750 g/mol. The van der Waals surface area contributed by atoms with E-state index in [1.807, 2.05) is 93.7 Å². The van der Waals surface area contributed by atoms with E-state index in [1.54, 1.807) is 6.07 Å². The molecule has 10 heteroatoms. The highest BCUT2D eigenvalue weighted by Gasteiger charge is 2.57. The highest BCUT2D eigenvalue weighted by molar-refractivity contribution is 14.1. The predicted molar refractivity (Wildman–Crippen MR) is 153 cm³/mol. The van der Waals surface area contributed by atoms with Crippen LogP contribution in [0.3, 0.4) is 0 Å². The average Bonchev–Trinajstić information content (AvgIpc) is 3.33. The first kappa shape index (κ1) is 26.2. The van der Waals surface area contributed by atoms with Gasteiger partial charge in [0, 0.05) is 21.8 Å². The lowest BCUT2D eigenvalue weighted by molar-refractivity contribution is -0.168. The van der Waals surface area contributed by atoms with Gasteiger partial charge < -0.3 is 19.3 Å². The van der Waals surface area contributed by atoms with Crippen LogP contribution in [-0.4, -0.2) is 41.7 Å². The van der Waals surface area contributed by atoms with E-state index in [1.165, 1.54) is 6.07 Å². The van der Waals surface area contributed by atoms with Gasteiger partial charge in [-0.05, 0) is 79.6 Å². The van der Waals surface area contributed by atoms with Crippen LogP contribution in [0.1, 0.15) is 50.9 Å². The maximum Gasteiger partial charge on any atom is 0.347 e. The highest BCUT2D eigenvalue weighted by atomic mass is 127. The first-order chi connectivity index (χ1) is 18.8.